The molecule has 0 saturated heterocycles. The Hall–Kier alpha value is -2.36. The van der Waals surface area contributed by atoms with E-state index in [1.807, 2.05) is 6.92 Å². The number of hydrogen-bond acceptors (Lipinski definition) is 4. The Labute approximate surface area is 142 Å². The van der Waals surface area contributed by atoms with Gasteiger partial charge in [0.15, 0.2) is 5.96 Å². The second kappa shape index (κ2) is 13.1. The van der Waals surface area contributed by atoms with Crippen molar-refractivity contribution in [2.45, 2.75) is 26.2 Å². The maximum absolute atomic E-state index is 11.4. The average molecular weight is 343 g/mol. The molecule has 0 aromatic rings. The van der Waals surface area contributed by atoms with Crippen molar-refractivity contribution in [3.63, 3.8) is 0 Å². The predicted molar refractivity (Wildman–Crippen MR) is 93.7 cm³/mol. The van der Waals surface area contributed by atoms with Crippen LogP contribution in [0.15, 0.2) is 9.98 Å². The fourth-order valence-corrected chi connectivity index (χ4v) is 1.42. The number of amides is 2. The van der Waals surface area contributed by atoms with Gasteiger partial charge in [-0.15, -0.1) is 4.99 Å². The Morgan fingerprint density at radius 1 is 1.12 bits per heavy atom. The number of nitrogens with zero attached hydrogens (tertiary/aromatic N) is 3. The van der Waals surface area contributed by atoms with E-state index in [1.54, 1.807) is 14.1 Å². The molecule has 10 heteroatoms. The molecule has 24 heavy (non-hydrogen) atoms. The first-order chi connectivity index (χ1) is 11.4. The van der Waals surface area contributed by atoms with Gasteiger partial charge in [0, 0.05) is 40.2 Å². The second-order valence-corrected chi connectivity index (χ2v) is 5.15. The van der Waals surface area contributed by atoms with Crippen molar-refractivity contribution < 1.29 is 14.3 Å². The zero-order valence-corrected chi connectivity index (χ0v) is 14.7. The topological polar surface area (TPSA) is 147 Å². The van der Waals surface area contributed by atoms with Crippen molar-refractivity contribution in [1.29, 1.82) is 0 Å². The van der Waals surface area contributed by atoms with Crippen molar-refractivity contribution in [3.8, 4) is 0 Å². The number of carbonyl (C=O) groups excluding carboxylic acids is 2. The van der Waals surface area contributed by atoms with Gasteiger partial charge in [-0.2, -0.15) is 4.99 Å². The Morgan fingerprint density at radius 3 is 2.46 bits per heavy atom. The Morgan fingerprint density at radius 2 is 1.83 bits per heavy atom. The van der Waals surface area contributed by atoms with Gasteiger partial charge in [0.25, 0.3) is 0 Å². The number of guanidine groups is 2. The minimum absolute atomic E-state index is 0.0486. The number of nitrogens with two attached hydrogens (primary N) is 2. The van der Waals surface area contributed by atoms with Crippen LogP contribution in [0.25, 0.3) is 0 Å². The minimum atomic E-state index is -0.836. The molecule has 0 radical (unpaired) electrons. The number of unbranched alkanes of at least 4 members (excludes halogenated alkanes) is 1. The average Bonchev–Trinajstić information content (AvgIpc) is 2.51. The highest BCUT2D eigenvalue weighted by atomic mass is 16.5. The number of hydrogen-bond donors (Lipinski definition) is 4. The molecule has 6 N–H and O–H groups in total. The molecule has 0 bridgehead atoms. The SMILES string of the molecule is CCCCC(=O)NCCNCCOC(=O)N=C(N)N=C(N)N(C)C. The van der Waals surface area contributed by atoms with E-state index in [9.17, 15) is 9.59 Å². The molecule has 0 unspecified atom stereocenters. The Balaban J connectivity index is 3.76. The highest BCUT2D eigenvalue weighted by Crippen LogP contribution is 1.92. The number of ether oxygens (including phenoxy) is 1. The summed E-state index contributed by atoms with van der Waals surface area (Å²) in [5.74, 6) is -0.0897. The summed E-state index contributed by atoms with van der Waals surface area (Å²) in [5, 5.41) is 5.82. The van der Waals surface area contributed by atoms with Crippen LogP contribution in [0.1, 0.15) is 26.2 Å². The van der Waals surface area contributed by atoms with Crippen molar-refractivity contribution in [3.05, 3.63) is 0 Å². The van der Waals surface area contributed by atoms with Crippen molar-refractivity contribution in [1.82, 2.24) is 15.5 Å². The highest BCUT2D eigenvalue weighted by Gasteiger charge is 2.03. The maximum Gasteiger partial charge on any atom is 0.436 e. The molecule has 0 aromatic heterocycles. The fourth-order valence-electron chi connectivity index (χ4n) is 1.42. The standard InChI is InChI=1S/C14H29N7O3/c1-4-5-6-11(22)18-8-7-17-9-10-24-14(23)20-12(15)19-13(16)21(2)3/h17H,4-10H2,1-3H3,(H,18,22)(H4,15,16,19,20,23). The van der Waals surface area contributed by atoms with E-state index >= 15 is 0 Å². The molecule has 10 nitrogen and oxygen atoms in total. The number of carbonyl (C=O) groups is 2. The number of rotatable bonds is 9. The summed E-state index contributed by atoms with van der Waals surface area (Å²) in [5.41, 5.74) is 11.0. The van der Waals surface area contributed by atoms with Gasteiger partial charge in [0.1, 0.15) is 6.61 Å². The lowest BCUT2D eigenvalue weighted by Crippen LogP contribution is -2.33. The van der Waals surface area contributed by atoms with Crippen LogP contribution in [0.2, 0.25) is 0 Å². The summed E-state index contributed by atoms with van der Waals surface area (Å²) in [4.78, 5) is 31.4. The van der Waals surface area contributed by atoms with Crippen LogP contribution in [0.3, 0.4) is 0 Å². The lowest BCUT2D eigenvalue weighted by atomic mass is 10.2. The molecule has 0 saturated carbocycles. The molecule has 0 spiro atoms. The normalized spacial score (nSPS) is 12.0. The van der Waals surface area contributed by atoms with E-state index in [0.717, 1.165) is 12.8 Å². The summed E-state index contributed by atoms with van der Waals surface area (Å²) in [6, 6.07) is 0. The molecule has 0 aliphatic rings. The van der Waals surface area contributed by atoms with Gasteiger partial charge in [0.2, 0.25) is 11.9 Å². The van der Waals surface area contributed by atoms with Gasteiger partial charge >= 0.3 is 6.09 Å². The number of aliphatic imine (C=N–C) groups is 2. The third-order valence-corrected chi connectivity index (χ3v) is 2.78. The molecular formula is C14H29N7O3. The van der Waals surface area contributed by atoms with E-state index in [1.165, 1.54) is 4.90 Å². The smallest absolute Gasteiger partial charge is 0.436 e. The van der Waals surface area contributed by atoms with Gasteiger partial charge < -0.3 is 31.7 Å². The van der Waals surface area contributed by atoms with Gasteiger partial charge in [-0.25, -0.2) is 4.79 Å². The summed E-state index contributed by atoms with van der Waals surface area (Å²) in [6.45, 7) is 3.73. The van der Waals surface area contributed by atoms with Crippen LogP contribution >= 0.6 is 0 Å². The van der Waals surface area contributed by atoms with Gasteiger partial charge in [-0.05, 0) is 6.42 Å². The second-order valence-electron chi connectivity index (χ2n) is 5.15. The first kappa shape index (κ1) is 21.6. The molecule has 2 amide bonds. The maximum atomic E-state index is 11.4. The first-order valence-electron chi connectivity index (χ1n) is 7.86. The Bertz CT molecular complexity index is 450. The van der Waals surface area contributed by atoms with E-state index < -0.39 is 6.09 Å². The molecule has 0 rings (SSSR count). The third-order valence-electron chi connectivity index (χ3n) is 2.78. The van der Waals surface area contributed by atoms with E-state index in [4.69, 9.17) is 16.2 Å². The molecule has 0 aliphatic carbocycles. The van der Waals surface area contributed by atoms with Crippen LogP contribution in [-0.4, -0.2) is 69.2 Å². The highest BCUT2D eigenvalue weighted by molar-refractivity contribution is 5.97. The molecular weight excluding hydrogens is 314 g/mol. The molecule has 0 aromatic carbocycles. The summed E-state index contributed by atoms with van der Waals surface area (Å²) < 4.78 is 4.86. The largest absolute Gasteiger partial charge is 0.446 e. The zero-order chi connectivity index (χ0) is 18.4. The minimum Gasteiger partial charge on any atom is -0.446 e. The predicted octanol–water partition coefficient (Wildman–Crippen LogP) is -0.790. The Kier molecular flexibility index (Phi) is 11.8. The van der Waals surface area contributed by atoms with Crippen molar-refractivity contribution in [2.24, 2.45) is 21.5 Å². The molecule has 0 fully saturated rings. The van der Waals surface area contributed by atoms with Crippen LogP contribution in [0.4, 0.5) is 4.79 Å². The monoisotopic (exact) mass is 343 g/mol. The van der Waals surface area contributed by atoms with Crippen molar-refractivity contribution in [2.75, 3.05) is 40.3 Å². The summed E-state index contributed by atoms with van der Waals surface area (Å²) in [6.07, 6.45) is 1.60. The van der Waals surface area contributed by atoms with Crippen molar-refractivity contribution >= 4 is 23.9 Å². The third kappa shape index (κ3) is 12.2. The van der Waals surface area contributed by atoms with Crippen LogP contribution in [0.5, 0.6) is 0 Å². The van der Waals surface area contributed by atoms with E-state index in [2.05, 4.69) is 20.6 Å². The quantitative estimate of drug-likeness (QED) is 0.243. The molecule has 138 valence electrons. The number of nitrogens with one attached hydrogen (secondary N) is 2. The summed E-state index contributed by atoms with van der Waals surface area (Å²) in [7, 11) is 3.37. The van der Waals surface area contributed by atoms with E-state index in [-0.39, 0.29) is 24.4 Å². The first-order valence-corrected chi connectivity index (χ1v) is 7.86. The lowest BCUT2D eigenvalue weighted by molar-refractivity contribution is -0.121. The molecule has 0 aliphatic heterocycles. The van der Waals surface area contributed by atoms with Gasteiger partial charge in [-0.1, -0.05) is 13.3 Å². The fraction of sp³-hybridized carbons (Fsp3) is 0.714. The van der Waals surface area contributed by atoms with Crippen LogP contribution < -0.4 is 22.1 Å². The zero-order valence-electron chi connectivity index (χ0n) is 14.7. The van der Waals surface area contributed by atoms with Gasteiger partial charge in [-0.3, -0.25) is 4.79 Å². The van der Waals surface area contributed by atoms with E-state index in [0.29, 0.717) is 26.1 Å². The van der Waals surface area contributed by atoms with Crippen LogP contribution in [0, 0.1) is 0 Å². The lowest BCUT2D eigenvalue weighted by Gasteiger charge is -2.09. The van der Waals surface area contributed by atoms with Crippen LogP contribution in [-0.2, 0) is 9.53 Å². The van der Waals surface area contributed by atoms with Gasteiger partial charge in [0.05, 0.1) is 0 Å². The molecule has 0 atom stereocenters. The summed E-state index contributed by atoms with van der Waals surface area (Å²) >= 11 is 0. The molecule has 0 heterocycles.